The molecule has 1 aromatic heterocycles. The van der Waals surface area contributed by atoms with E-state index in [1.807, 2.05) is 12.1 Å². The predicted octanol–water partition coefficient (Wildman–Crippen LogP) is 2.77. The summed E-state index contributed by atoms with van der Waals surface area (Å²) in [5, 5.41) is 3.33. The third kappa shape index (κ3) is 2.63. The van der Waals surface area contributed by atoms with E-state index in [9.17, 15) is 0 Å². The molecule has 0 bridgehead atoms. The molecule has 0 spiro atoms. The van der Waals surface area contributed by atoms with Crippen LogP contribution in [0.2, 0.25) is 0 Å². The molecule has 19 heavy (non-hydrogen) atoms. The number of nitrogens with one attached hydrogen (secondary N) is 1. The summed E-state index contributed by atoms with van der Waals surface area (Å²) in [7, 11) is 0. The number of oxazole rings is 1. The average molecular weight is 258 g/mol. The van der Waals surface area contributed by atoms with Gasteiger partial charge in [-0.2, -0.15) is 0 Å². The number of ether oxygens (including phenoxy) is 1. The van der Waals surface area contributed by atoms with E-state index in [1.54, 1.807) is 6.26 Å². The summed E-state index contributed by atoms with van der Waals surface area (Å²) in [4.78, 5) is 4.51. The molecule has 1 aliphatic heterocycles. The molecule has 4 heteroatoms. The van der Waals surface area contributed by atoms with Gasteiger partial charge >= 0.3 is 0 Å². The Labute approximate surface area is 112 Å². The summed E-state index contributed by atoms with van der Waals surface area (Å²) < 4.78 is 11.0. The predicted molar refractivity (Wildman–Crippen MR) is 73.1 cm³/mol. The highest BCUT2D eigenvalue weighted by Crippen LogP contribution is 2.30. The molecule has 2 heterocycles. The zero-order valence-electron chi connectivity index (χ0n) is 11.3. The molecule has 1 N–H and O–H groups in total. The van der Waals surface area contributed by atoms with Crippen molar-refractivity contribution in [1.29, 1.82) is 0 Å². The van der Waals surface area contributed by atoms with Gasteiger partial charge in [-0.15, -0.1) is 0 Å². The second kappa shape index (κ2) is 5.05. The lowest BCUT2D eigenvalue weighted by atomic mass is 10.1. The first-order chi connectivity index (χ1) is 9.22. The van der Waals surface area contributed by atoms with E-state index >= 15 is 0 Å². The van der Waals surface area contributed by atoms with Crippen molar-refractivity contribution >= 4 is 0 Å². The number of benzene rings is 1. The molecule has 0 saturated heterocycles. The maximum absolute atomic E-state index is 5.55. The molecule has 1 aliphatic rings. The first-order valence-corrected chi connectivity index (χ1v) is 6.66. The molecule has 3 rings (SSSR count). The number of aromatic nitrogens is 1. The summed E-state index contributed by atoms with van der Waals surface area (Å²) in [6, 6.07) is 6.54. The Kier molecular flexibility index (Phi) is 3.25. The highest BCUT2D eigenvalue weighted by Gasteiger charge is 2.14. The fourth-order valence-corrected chi connectivity index (χ4v) is 2.15. The first kappa shape index (κ1) is 12.2. The maximum Gasteiger partial charge on any atom is 0.226 e. The average Bonchev–Trinajstić information content (AvgIpc) is 3.04. The van der Waals surface area contributed by atoms with E-state index in [2.05, 4.69) is 30.2 Å². The summed E-state index contributed by atoms with van der Waals surface area (Å²) in [5.41, 5.74) is 3.18. The van der Waals surface area contributed by atoms with Crippen LogP contribution in [-0.2, 0) is 13.0 Å². The van der Waals surface area contributed by atoms with Gasteiger partial charge in [-0.3, -0.25) is 0 Å². The van der Waals surface area contributed by atoms with Crippen LogP contribution in [0.3, 0.4) is 0 Å². The molecule has 0 amide bonds. The van der Waals surface area contributed by atoms with Gasteiger partial charge in [-0.05, 0) is 23.8 Å². The molecular weight excluding hydrogens is 240 g/mol. The Morgan fingerprint density at radius 3 is 3.11 bits per heavy atom. The molecule has 100 valence electrons. The number of rotatable bonds is 4. The second-order valence-electron chi connectivity index (χ2n) is 5.10. The van der Waals surface area contributed by atoms with Crippen LogP contribution in [0, 0.1) is 0 Å². The molecule has 0 fully saturated rings. The van der Waals surface area contributed by atoms with Crippen molar-refractivity contribution < 1.29 is 9.15 Å². The Balaban J connectivity index is 1.79. The first-order valence-electron chi connectivity index (χ1n) is 6.66. The van der Waals surface area contributed by atoms with Gasteiger partial charge in [0.05, 0.1) is 12.3 Å². The van der Waals surface area contributed by atoms with Crippen LogP contribution < -0.4 is 10.1 Å². The Morgan fingerprint density at radius 2 is 2.26 bits per heavy atom. The lowest BCUT2D eigenvalue weighted by molar-refractivity contribution is 0.357. The van der Waals surface area contributed by atoms with Gasteiger partial charge in [0.15, 0.2) is 0 Å². The van der Waals surface area contributed by atoms with E-state index in [0.717, 1.165) is 36.6 Å². The minimum absolute atomic E-state index is 0.442. The Bertz CT molecular complexity index is 575. The van der Waals surface area contributed by atoms with Gasteiger partial charge in [0.1, 0.15) is 12.0 Å². The van der Waals surface area contributed by atoms with E-state index in [4.69, 9.17) is 9.15 Å². The van der Waals surface area contributed by atoms with E-state index in [0.29, 0.717) is 11.9 Å². The highest BCUT2D eigenvalue weighted by atomic mass is 16.5. The fraction of sp³-hybridized carbons (Fsp3) is 0.400. The van der Waals surface area contributed by atoms with Crippen LogP contribution >= 0.6 is 0 Å². The summed E-state index contributed by atoms with van der Waals surface area (Å²) in [5.74, 6) is 1.66. The fourth-order valence-electron chi connectivity index (χ4n) is 2.15. The molecule has 1 aromatic carbocycles. The lowest BCUT2D eigenvalue weighted by Gasteiger charge is -2.04. The normalized spacial score (nSPS) is 13.6. The van der Waals surface area contributed by atoms with Crippen LogP contribution in [-0.4, -0.2) is 17.6 Å². The largest absolute Gasteiger partial charge is 0.493 e. The van der Waals surface area contributed by atoms with Gasteiger partial charge in [0, 0.05) is 24.6 Å². The van der Waals surface area contributed by atoms with Crippen LogP contribution in [0.1, 0.15) is 25.1 Å². The second-order valence-corrected chi connectivity index (χ2v) is 5.10. The Hall–Kier alpha value is -1.81. The van der Waals surface area contributed by atoms with Crippen molar-refractivity contribution in [3.63, 3.8) is 0 Å². The molecule has 0 saturated carbocycles. The topological polar surface area (TPSA) is 47.3 Å². The number of fused-ring (bicyclic) bond motifs is 1. The van der Waals surface area contributed by atoms with Crippen molar-refractivity contribution in [3.05, 3.63) is 35.7 Å². The molecule has 4 nitrogen and oxygen atoms in total. The van der Waals surface area contributed by atoms with E-state index < -0.39 is 0 Å². The van der Waals surface area contributed by atoms with Gasteiger partial charge in [0.2, 0.25) is 5.89 Å². The SMILES string of the molecule is CC(C)NCc1coc(-c2ccc3c(c2)CCO3)n1. The van der Waals surface area contributed by atoms with Crippen molar-refractivity contribution in [2.24, 2.45) is 0 Å². The van der Waals surface area contributed by atoms with Crippen molar-refractivity contribution in [2.75, 3.05) is 6.61 Å². The van der Waals surface area contributed by atoms with Crippen LogP contribution in [0.15, 0.2) is 28.9 Å². The summed E-state index contributed by atoms with van der Waals surface area (Å²) >= 11 is 0. The smallest absolute Gasteiger partial charge is 0.226 e. The molecule has 0 atom stereocenters. The molecule has 0 unspecified atom stereocenters. The third-order valence-electron chi connectivity index (χ3n) is 3.18. The van der Waals surface area contributed by atoms with E-state index in [-0.39, 0.29) is 0 Å². The minimum Gasteiger partial charge on any atom is -0.493 e. The van der Waals surface area contributed by atoms with Crippen LogP contribution in [0.4, 0.5) is 0 Å². The standard InChI is InChI=1S/C15H18N2O2/c1-10(2)16-8-13-9-19-15(17-13)12-3-4-14-11(7-12)5-6-18-14/h3-4,7,9-10,16H,5-6,8H2,1-2H3. The number of hydrogen-bond acceptors (Lipinski definition) is 4. The Morgan fingerprint density at radius 1 is 1.37 bits per heavy atom. The molecule has 0 aliphatic carbocycles. The van der Waals surface area contributed by atoms with Crippen molar-refractivity contribution in [2.45, 2.75) is 32.9 Å². The van der Waals surface area contributed by atoms with Gasteiger partial charge in [-0.25, -0.2) is 4.98 Å². The monoisotopic (exact) mass is 258 g/mol. The minimum atomic E-state index is 0.442. The zero-order valence-corrected chi connectivity index (χ0v) is 11.3. The molecular formula is C15H18N2O2. The van der Waals surface area contributed by atoms with Gasteiger partial charge < -0.3 is 14.5 Å². The number of hydrogen-bond donors (Lipinski definition) is 1. The van der Waals surface area contributed by atoms with Crippen molar-refractivity contribution in [1.82, 2.24) is 10.3 Å². The third-order valence-corrected chi connectivity index (χ3v) is 3.18. The maximum atomic E-state index is 5.55. The van der Waals surface area contributed by atoms with Gasteiger partial charge in [-0.1, -0.05) is 13.8 Å². The highest BCUT2D eigenvalue weighted by molar-refractivity contribution is 5.58. The molecule has 0 radical (unpaired) electrons. The number of nitrogens with zero attached hydrogens (tertiary/aromatic N) is 1. The summed E-state index contributed by atoms with van der Waals surface area (Å²) in [6.07, 6.45) is 2.68. The quantitative estimate of drug-likeness (QED) is 0.916. The van der Waals surface area contributed by atoms with Crippen molar-refractivity contribution in [3.8, 4) is 17.2 Å². The molecule has 2 aromatic rings. The van der Waals surface area contributed by atoms with Gasteiger partial charge in [0.25, 0.3) is 0 Å². The zero-order chi connectivity index (χ0) is 13.2. The van der Waals surface area contributed by atoms with Crippen LogP contribution in [0.5, 0.6) is 5.75 Å². The van der Waals surface area contributed by atoms with Crippen LogP contribution in [0.25, 0.3) is 11.5 Å². The summed E-state index contributed by atoms with van der Waals surface area (Å²) in [6.45, 7) is 5.73. The lowest BCUT2D eigenvalue weighted by Crippen LogP contribution is -2.21. The van der Waals surface area contributed by atoms with E-state index in [1.165, 1.54) is 5.56 Å².